The summed E-state index contributed by atoms with van der Waals surface area (Å²) >= 11 is 1.05. The first-order valence-corrected chi connectivity index (χ1v) is 7.95. The summed E-state index contributed by atoms with van der Waals surface area (Å²) in [4.78, 5) is 12.4. The topological polar surface area (TPSA) is 124 Å². The molecule has 1 saturated heterocycles. The van der Waals surface area contributed by atoms with Crippen molar-refractivity contribution in [1.29, 1.82) is 5.41 Å². The van der Waals surface area contributed by atoms with Crippen LogP contribution in [0.2, 0.25) is 0 Å². The van der Waals surface area contributed by atoms with Gasteiger partial charge in [-0.1, -0.05) is 6.07 Å². The molecule has 0 saturated carbocycles. The van der Waals surface area contributed by atoms with Gasteiger partial charge in [0.15, 0.2) is 23.3 Å². The maximum Gasteiger partial charge on any atom is 0.264 e. The predicted molar refractivity (Wildman–Crippen MR) is 89.0 cm³/mol. The van der Waals surface area contributed by atoms with Gasteiger partial charge >= 0.3 is 0 Å². The Morgan fingerprint density at radius 3 is 2.88 bits per heavy atom. The summed E-state index contributed by atoms with van der Waals surface area (Å²) in [5.41, 5.74) is 1.43. The lowest BCUT2D eigenvalue weighted by atomic mass is 10.2. The first-order valence-electron chi connectivity index (χ1n) is 7.13. The zero-order valence-corrected chi connectivity index (χ0v) is 14.2. The number of methoxy groups -OCH3 is 1. The summed E-state index contributed by atoms with van der Waals surface area (Å²) in [5.74, 6) is 0.568. The second-order valence-corrected chi connectivity index (χ2v) is 6.11. The summed E-state index contributed by atoms with van der Waals surface area (Å²) in [6.45, 7) is 1.62. The van der Waals surface area contributed by atoms with E-state index in [1.165, 1.54) is 7.11 Å². The quantitative estimate of drug-likeness (QED) is 0.607. The number of thioether (sulfide) groups is 1. The summed E-state index contributed by atoms with van der Waals surface area (Å²) in [7, 11) is 1.49. The van der Waals surface area contributed by atoms with Crippen LogP contribution in [0.3, 0.4) is 0 Å². The highest BCUT2D eigenvalue weighted by Crippen LogP contribution is 2.31. The second-order valence-electron chi connectivity index (χ2n) is 5.06. The predicted octanol–water partition coefficient (Wildman–Crippen LogP) is 1.34. The number of rotatable bonds is 5. The van der Waals surface area contributed by atoms with Crippen molar-refractivity contribution in [2.24, 2.45) is 0 Å². The van der Waals surface area contributed by atoms with Gasteiger partial charge in [-0.3, -0.25) is 14.8 Å². The van der Waals surface area contributed by atoms with Crippen LogP contribution in [0, 0.1) is 17.5 Å². The zero-order valence-electron chi connectivity index (χ0n) is 13.4. The average molecular weight is 362 g/mol. The number of amidine groups is 1. The molecule has 1 amide bonds. The lowest BCUT2D eigenvalue weighted by Crippen LogP contribution is -2.29. The summed E-state index contributed by atoms with van der Waals surface area (Å²) in [6, 6.07) is 5.11. The molecule has 9 nitrogen and oxygen atoms in total. The smallest absolute Gasteiger partial charge is 0.264 e. The number of benzene rings is 1. The molecule has 3 rings (SSSR count). The molecule has 0 aliphatic carbocycles. The van der Waals surface area contributed by atoms with Gasteiger partial charge in [-0.15, -0.1) is 0 Å². The summed E-state index contributed by atoms with van der Waals surface area (Å²) in [5, 5.41) is 24.9. The molecule has 0 atom stereocenters. The number of hydrogen-bond acceptors (Lipinski definition) is 8. The summed E-state index contributed by atoms with van der Waals surface area (Å²) in [6.07, 6.45) is 1.66. The highest BCUT2D eigenvalue weighted by atomic mass is 32.2. The number of aromatic nitrogens is 2. The number of carbonyl (C=O) groups excluding carboxylic acids is 1. The third-order valence-electron chi connectivity index (χ3n) is 3.40. The molecule has 1 fully saturated rings. The Balaban J connectivity index is 1.79. The minimum Gasteiger partial charge on any atom is -0.493 e. The Kier molecular flexibility index (Phi) is 4.61. The molecule has 1 aromatic carbocycles. The van der Waals surface area contributed by atoms with Crippen LogP contribution in [0.4, 0.5) is 0 Å². The monoisotopic (exact) mass is 362 g/mol. The zero-order chi connectivity index (χ0) is 18.0. The van der Waals surface area contributed by atoms with Crippen molar-refractivity contribution in [2.45, 2.75) is 13.5 Å². The van der Waals surface area contributed by atoms with Crippen molar-refractivity contribution in [1.82, 2.24) is 10.5 Å². The van der Waals surface area contributed by atoms with Gasteiger partial charge < -0.3 is 20.0 Å². The second kappa shape index (κ2) is 6.85. The number of hydrogen-bond donors (Lipinski definition) is 2. The van der Waals surface area contributed by atoms with Crippen LogP contribution >= 0.6 is 11.8 Å². The van der Waals surface area contributed by atoms with Crippen molar-refractivity contribution < 1.29 is 23.8 Å². The van der Waals surface area contributed by atoms with Crippen LogP contribution in [0.15, 0.2) is 27.7 Å². The molecule has 0 radical (unpaired) electrons. The molecule has 0 spiro atoms. The van der Waals surface area contributed by atoms with Crippen molar-refractivity contribution in [2.75, 3.05) is 7.11 Å². The first-order chi connectivity index (χ1) is 12.0. The van der Waals surface area contributed by atoms with E-state index in [9.17, 15) is 10.0 Å². The van der Waals surface area contributed by atoms with Gasteiger partial charge in [0.05, 0.1) is 12.0 Å². The minimum absolute atomic E-state index is 0.0228. The normalized spacial score (nSPS) is 15.5. The maximum atomic E-state index is 11.7. The Bertz CT molecular complexity index is 857. The number of amides is 1. The highest BCUT2D eigenvalue weighted by Gasteiger charge is 2.22. The largest absolute Gasteiger partial charge is 0.493 e. The van der Waals surface area contributed by atoms with Crippen molar-refractivity contribution in [3.63, 3.8) is 0 Å². The van der Waals surface area contributed by atoms with E-state index < -0.39 is 0 Å². The lowest BCUT2D eigenvalue weighted by Gasteiger charge is -2.10. The molecule has 10 heteroatoms. The van der Waals surface area contributed by atoms with Crippen LogP contribution in [0.1, 0.15) is 17.0 Å². The average Bonchev–Trinajstić information content (AvgIpc) is 3.07. The van der Waals surface area contributed by atoms with E-state index >= 15 is 0 Å². The van der Waals surface area contributed by atoms with Gasteiger partial charge in [-0.2, -0.15) is 0 Å². The van der Waals surface area contributed by atoms with Crippen LogP contribution in [0.5, 0.6) is 11.5 Å². The van der Waals surface area contributed by atoms with Crippen LogP contribution in [-0.2, 0) is 11.4 Å². The molecule has 2 N–H and O–H groups in total. The van der Waals surface area contributed by atoms with Gasteiger partial charge in [0.2, 0.25) is 11.4 Å². The van der Waals surface area contributed by atoms with E-state index in [-0.39, 0.29) is 23.4 Å². The Labute approximate surface area is 146 Å². The molecule has 130 valence electrons. The molecule has 0 bridgehead atoms. The van der Waals surface area contributed by atoms with Crippen LogP contribution < -0.4 is 19.7 Å². The van der Waals surface area contributed by atoms with Gasteiger partial charge in [0.1, 0.15) is 0 Å². The number of nitrogens with one attached hydrogen (secondary N) is 2. The van der Waals surface area contributed by atoms with Gasteiger partial charge in [0.25, 0.3) is 5.91 Å². The Morgan fingerprint density at radius 1 is 1.48 bits per heavy atom. The van der Waals surface area contributed by atoms with Crippen molar-refractivity contribution >= 4 is 28.9 Å². The highest BCUT2D eigenvalue weighted by molar-refractivity contribution is 8.18. The SMILES string of the molecule is COc1cc(/C=C2\SC(=N)NC2=O)ccc1OCc1c(C)no[n+]1[O-]. The number of carbonyl (C=O) groups is 1. The molecule has 25 heavy (non-hydrogen) atoms. The number of aryl methyl sites for hydroxylation is 1. The minimum atomic E-state index is -0.308. The van der Waals surface area contributed by atoms with E-state index in [1.807, 2.05) is 0 Å². The standard InChI is InChI=1S/C15H14N4O5S/c1-8-10(19(21)24-18-8)7-23-11-4-3-9(5-12(11)22-2)6-13-14(20)17-15(16)25-13/h3-6H,7H2,1-2H3,(H2,16,17,20)/b13-6-. The van der Waals surface area contributed by atoms with Gasteiger partial charge in [-0.05, 0) is 40.4 Å². The third-order valence-corrected chi connectivity index (χ3v) is 4.23. The molecular weight excluding hydrogens is 348 g/mol. The summed E-state index contributed by atoms with van der Waals surface area (Å²) < 4.78 is 15.4. The molecular formula is C15H14N4O5S. The van der Waals surface area contributed by atoms with E-state index in [1.54, 1.807) is 31.2 Å². The maximum absolute atomic E-state index is 11.7. The van der Waals surface area contributed by atoms with E-state index in [2.05, 4.69) is 15.1 Å². The van der Waals surface area contributed by atoms with Crippen molar-refractivity contribution in [3.05, 3.63) is 45.3 Å². The molecule has 0 unspecified atom stereocenters. The fourth-order valence-electron chi connectivity index (χ4n) is 2.12. The fourth-order valence-corrected chi connectivity index (χ4v) is 2.82. The Hall–Kier alpha value is -3.01. The van der Waals surface area contributed by atoms with E-state index in [4.69, 9.17) is 14.9 Å². The molecule has 2 aromatic rings. The van der Waals surface area contributed by atoms with Gasteiger partial charge in [0, 0.05) is 12.1 Å². The van der Waals surface area contributed by atoms with Crippen molar-refractivity contribution in [3.8, 4) is 11.5 Å². The molecule has 1 aromatic heterocycles. The number of nitrogens with zero attached hydrogens (tertiary/aromatic N) is 2. The van der Waals surface area contributed by atoms with Crippen LogP contribution in [0.25, 0.3) is 6.08 Å². The van der Waals surface area contributed by atoms with E-state index in [0.717, 1.165) is 17.3 Å². The third kappa shape index (κ3) is 3.58. The number of ether oxygens (including phenoxy) is 2. The first kappa shape index (κ1) is 16.8. The Morgan fingerprint density at radius 2 is 2.28 bits per heavy atom. The molecule has 1 aliphatic heterocycles. The van der Waals surface area contributed by atoms with Gasteiger partial charge in [-0.25, -0.2) is 0 Å². The molecule has 2 heterocycles. The van der Waals surface area contributed by atoms with E-state index in [0.29, 0.717) is 27.0 Å². The lowest BCUT2D eigenvalue weighted by molar-refractivity contribution is -0.808. The fraction of sp³-hybridized carbons (Fsp3) is 0.200. The van der Waals surface area contributed by atoms with Crippen LogP contribution in [-0.4, -0.2) is 23.3 Å². The molecule has 1 aliphatic rings.